The van der Waals surface area contributed by atoms with E-state index in [4.69, 9.17) is 5.10 Å². The van der Waals surface area contributed by atoms with Crippen molar-refractivity contribution in [3.05, 3.63) is 36.3 Å². The van der Waals surface area contributed by atoms with Gasteiger partial charge in [0.05, 0.1) is 6.20 Å². The molecular weight excluding hydrogens is 335 g/mol. The summed E-state index contributed by atoms with van der Waals surface area (Å²) in [4.78, 5) is 9.78. The molecule has 2 aliphatic rings. The molecule has 4 heterocycles. The summed E-state index contributed by atoms with van der Waals surface area (Å²) in [5.74, 6) is 2.66. The molecule has 3 aromatic heterocycles. The molecule has 2 fully saturated rings. The summed E-state index contributed by atoms with van der Waals surface area (Å²) in [7, 11) is 0. The lowest BCUT2D eigenvalue weighted by atomic mass is 9.85. The van der Waals surface area contributed by atoms with Gasteiger partial charge in [0.25, 0.3) is 0 Å². The fourth-order valence-corrected chi connectivity index (χ4v) is 3.46. The first-order valence-electron chi connectivity index (χ1n) is 8.94. The van der Waals surface area contributed by atoms with Crippen LogP contribution in [-0.4, -0.2) is 49.4 Å². The van der Waals surface area contributed by atoms with Crippen LogP contribution in [0.3, 0.4) is 0 Å². The number of anilines is 2. The molecule has 9 heteroatoms. The molecule has 3 aromatic rings. The van der Waals surface area contributed by atoms with Gasteiger partial charge in [0.15, 0.2) is 23.1 Å². The molecule has 134 valence electrons. The lowest BCUT2D eigenvalue weighted by molar-refractivity contribution is 0.393. The quantitative estimate of drug-likeness (QED) is 0.749. The third kappa shape index (κ3) is 2.63. The highest BCUT2D eigenvalue weighted by Gasteiger charge is 2.29. The van der Waals surface area contributed by atoms with Crippen molar-refractivity contribution in [2.45, 2.75) is 25.2 Å². The Morgan fingerprint density at radius 1 is 1.19 bits per heavy atom. The first kappa shape index (κ1) is 15.4. The Morgan fingerprint density at radius 3 is 2.85 bits per heavy atom. The van der Waals surface area contributed by atoms with E-state index in [1.54, 1.807) is 0 Å². The van der Waals surface area contributed by atoms with E-state index < -0.39 is 5.82 Å². The average Bonchev–Trinajstić information content (AvgIpc) is 2.97. The highest BCUT2D eigenvalue weighted by atomic mass is 19.1. The van der Waals surface area contributed by atoms with Gasteiger partial charge in [0.1, 0.15) is 12.1 Å². The zero-order valence-corrected chi connectivity index (χ0v) is 14.2. The van der Waals surface area contributed by atoms with Crippen LogP contribution >= 0.6 is 0 Å². The normalized spacial score (nSPS) is 18.0. The van der Waals surface area contributed by atoms with E-state index in [1.807, 2.05) is 16.6 Å². The number of hydrogen-bond donors (Lipinski definition) is 1. The zero-order chi connectivity index (χ0) is 17.5. The molecule has 1 aliphatic heterocycles. The number of nitrogens with zero attached hydrogens (tertiary/aromatic N) is 7. The summed E-state index contributed by atoms with van der Waals surface area (Å²) in [5, 5.41) is 16.3. The van der Waals surface area contributed by atoms with Gasteiger partial charge in [-0.25, -0.2) is 14.4 Å². The smallest absolute Gasteiger partial charge is 0.183 e. The molecule has 26 heavy (non-hydrogen) atoms. The lowest BCUT2D eigenvalue weighted by Crippen LogP contribution is -2.50. The van der Waals surface area contributed by atoms with E-state index in [-0.39, 0.29) is 5.82 Å². The summed E-state index contributed by atoms with van der Waals surface area (Å²) in [6.45, 7) is 2.42. The van der Waals surface area contributed by atoms with Crippen molar-refractivity contribution >= 4 is 17.3 Å². The first-order valence-corrected chi connectivity index (χ1v) is 8.94. The molecule has 0 unspecified atom stereocenters. The number of fused-ring (bicyclic) bond motifs is 1. The van der Waals surface area contributed by atoms with E-state index in [1.165, 1.54) is 31.8 Å². The average molecular weight is 354 g/mol. The van der Waals surface area contributed by atoms with Crippen molar-refractivity contribution in [3.8, 4) is 0 Å². The van der Waals surface area contributed by atoms with Crippen LogP contribution in [-0.2, 0) is 0 Å². The Bertz CT molecular complexity index is 931. The van der Waals surface area contributed by atoms with Gasteiger partial charge >= 0.3 is 0 Å². The van der Waals surface area contributed by atoms with E-state index in [9.17, 15) is 4.39 Å². The molecule has 5 rings (SSSR count). The molecular formula is C17H19FN8. The topological polar surface area (TPSA) is 84.1 Å². The third-order valence-electron chi connectivity index (χ3n) is 5.25. The monoisotopic (exact) mass is 354 g/mol. The second kappa shape index (κ2) is 6.15. The number of hydrogen-bond acceptors (Lipinski definition) is 7. The van der Waals surface area contributed by atoms with Crippen LogP contribution in [0.25, 0.3) is 5.65 Å². The Balaban J connectivity index is 1.24. The fourth-order valence-electron chi connectivity index (χ4n) is 3.46. The second-order valence-corrected chi connectivity index (χ2v) is 7.02. The van der Waals surface area contributed by atoms with Crippen LogP contribution < -0.4 is 10.2 Å². The number of aromatic nitrogens is 6. The Morgan fingerprint density at radius 2 is 2.08 bits per heavy atom. The summed E-state index contributed by atoms with van der Waals surface area (Å²) in [5.41, 5.74) is 0.800. The second-order valence-electron chi connectivity index (χ2n) is 7.02. The minimum atomic E-state index is -0.424. The summed E-state index contributed by atoms with van der Waals surface area (Å²) in [6.07, 6.45) is 6.11. The van der Waals surface area contributed by atoms with E-state index in [2.05, 4.69) is 30.4 Å². The number of rotatable bonds is 5. The standard InChI is InChI=1S/C17H19FN8/c18-13-7-19-10-21-16(13)20-6-11-8-25(9-11)15-5-4-14-22-23-17(26(14)24-15)12-2-1-3-12/h4-5,7,10-12H,1-3,6,8-9H2,(H,19,20,21). The molecule has 8 nitrogen and oxygen atoms in total. The van der Waals surface area contributed by atoms with Gasteiger partial charge in [-0.15, -0.1) is 15.3 Å². The van der Waals surface area contributed by atoms with Crippen LogP contribution in [0.5, 0.6) is 0 Å². The molecule has 0 spiro atoms. The predicted octanol–water partition coefficient (Wildman–Crippen LogP) is 1.87. The van der Waals surface area contributed by atoms with Gasteiger partial charge in [-0.3, -0.25) is 0 Å². The van der Waals surface area contributed by atoms with Crippen LogP contribution in [0.2, 0.25) is 0 Å². The highest BCUT2D eigenvalue weighted by molar-refractivity contribution is 5.48. The predicted molar refractivity (Wildman–Crippen MR) is 93.6 cm³/mol. The van der Waals surface area contributed by atoms with E-state index in [0.717, 1.165) is 30.4 Å². The summed E-state index contributed by atoms with van der Waals surface area (Å²) < 4.78 is 15.4. The van der Waals surface area contributed by atoms with Crippen molar-refractivity contribution in [1.29, 1.82) is 0 Å². The largest absolute Gasteiger partial charge is 0.367 e. The number of halogens is 1. The van der Waals surface area contributed by atoms with E-state index >= 15 is 0 Å². The molecule has 0 atom stereocenters. The van der Waals surface area contributed by atoms with Crippen LogP contribution in [0, 0.1) is 11.7 Å². The molecule has 1 saturated heterocycles. The van der Waals surface area contributed by atoms with Gasteiger partial charge < -0.3 is 10.2 Å². The van der Waals surface area contributed by atoms with Gasteiger partial charge in [0, 0.05) is 31.5 Å². The van der Waals surface area contributed by atoms with Crippen molar-refractivity contribution in [2.24, 2.45) is 5.92 Å². The SMILES string of the molecule is Fc1cncnc1NCC1CN(c2ccc3nnc(C4CCC4)n3n2)C1. The Labute approximate surface area is 149 Å². The van der Waals surface area contributed by atoms with Gasteiger partial charge in [0.2, 0.25) is 0 Å². The maximum Gasteiger partial charge on any atom is 0.183 e. The van der Waals surface area contributed by atoms with Crippen molar-refractivity contribution in [2.75, 3.05) is 29.9 Å². The highest BCUT2D eigenvalue weighted by Crippen LogP contribution is 2.35. The van der Waals surface area contributed by atoms with Crippen LogP contribution in [0.15, 0.2) is 24.7 Å². The van der Waals surface area contributed by atoms with Crippen LogP contribution in [0.1, 0.15) is 31.0 Å². The van der Waals surface area contributed by atoms with Crippen molar-refractivity contribution < 1.29 is 4.39 Å². The lowest BCUT2D eigenvalue weighted by Gasteiger charge is -2.40. The molecule has 1 N–H and O–H groups in total. The third-order valence-corrected chi connectivity index (χ3v) is 5.25. The maximum atomic E-state index is 13.5. The van der Waals surface area contributed by atoms with Crippen molar-refractivity contribution in [1.82, 2.24) is 29.8 Å². The van der Waals surface area contributed by atoms with Gasteiger partial charge in [-0.05, 0) is 25.0 Å². The Hall–Kier alpha value is -2.84. The molecule has 0 bridgehead atoms. The first-order chi connectivity index (χ1) is 12.8. The molecule has 0 radical (unpaired) electrons. The Kier molecular flexibility index (Phi) is 3.65. The molecule has 1 saturated carbocycles. The van der Waals surface area contributed by atoms with Crippen molar-refractivity contribution in [3.63, 3.8) is 0 Å². The maximum absolute atomic E-state index is 13.5. The number of nitrogens with one attached hydrogen (secondary N) is 1. The van der Waals surface area contributed by atoms with Gasteiger partial charge in [-0.1, -0.05) is 6.42 Å². The zero-order valence-electron chi connectivity index (χ0n) is 14.2. The summed E-state index contributed by atoms with van der Waals surface area (Å²) >= 11 is 0. The van der Waals surface area contributed by atoms with E-state index in [0.29, 0.717) is 18.4 Å². The summed E-state index contributed by atoms with van der Waals surface area (Å²) in [6, 6.07) is 3.96. The molecule has 1 aliphatic carbocycles. The van der Waals surface area contributed by atoms with Gasteiger partial charge in [-0.2, -0.15) is 4.52 Å². The fraction of sp³-hybridized carbons (Fsp3) is 0.471. The molecule has 0 amide bonds. The minimum absolute atomic E-state index is 0.257. The molecule has 0 aromatic carbocycles. The van der Waals surface area contributed by atoms with Crippen LogP contribution in [0.4, 0.5) is 16.0 Å². The minimum Gasteiger partial charge on any atom is -0.367 e.